The van der Waals surface area contributed by atoms with E-state index in [0.29, 0.717) is 72.1 Å². The first-order valence-corrected chi connectivity index (χ1v) is 11.8. The van der Waals surface area contributed by atoms with E-state index in [0.717, 1.165) is 5.82 Å². The summed E-state index contributed by atoms with van der Waals surface area (Å²) in [6.45, 7) is 6.75. The molecular weight excluding hydrogens is 463 g/mol. The lowest BCUT2D eigenvalue weighted by Crippen LogP contribution is -2.45. The number of fused-ring (bicyclic) bond motifs is 1. The Bertz CT molecular complexity index is 1190. The molecule has 0 unspecified atom stereocenters. The highest BCUT2D eigenvalue weighted by molar-refractivity contribution is 6.33. The number of aliphatic hydroxyl groups is 1. The molecule has 3 N–H and O–H groups in total. The van der Waals surface area contributed by atoms with E-state index in [9.17, 15) is 5.11 Å². The van der Waals surface area contributed by atoms with E-state index in [2.05, 4.69) is 25.6 Å². The summed E-state index contributed by atoms with van der Waals surface area (Å²) in [6, 6.07) is 3.39. The van der Waals surface area contributed by atoms with Crippen LogP contribution in [-0.2, 0) is 16.0 Å². The molecule has 2 aliphatic heterocycles. The zero-order chi connectivity index (χ0) is 23.8. The molecular formula is C23H28ClFN6O3. The molecule has 0 radical (unpaired) electrons. The van der Waals surface area contributed by atoms with Crippen LogP contribution in [-0.4, -0.2) is 69.2 Å². The molecule has 1 aromatic carbocycles. The van der Waals surface area contributed by atoms with Gasteiger partial charge < -0.3 is 29.8 Å². The largest absolute Gasteiger partial charge is 0.389 e. The number of halogens is 2. The van der Waals surface area contributed by atoms with Crippen LogP contribution in [0.4, 0.5) is 10.3 Å². The van der Waals surface area contributed by atoms with E-state index in [-0.39, 0.29) is 18.7 Å². The molecule has 5 rings (SSSR count). The van der Waals surface area contributed by atoms with Crippen LogP contribution >= 0.6 is 11.6 Å². The normalized spacial score (nSPS) is 21.2. The Labute approximate surface area is 201 Å². The Hall–Kier alpha value is -2.37. The Morgan fingerprint density at radius 2 is 2.06 bits per heavy atom. The van der Waals surface area contributed by atoms with Crippen molar-refractivity contribution >= 4 is 28.6 Å². The van der Waals surface area contributed by atoms with Gasteiger partial charge >= 0.3 is 0 Å². The van der Waals surface area contributed by atoms with E-state index in [4.69, 9.17) is 21.1 Å². The van der Waals surface area contributed by atoms with Crippen molar-refractivity contribution in [2.45, 2.75) is 51.0 Å². The van der Waals surface area contributed by atoms with E-state index in [1.54, 1.807) is 0 Å². The molecule has 34 heavy (non-hydrogen) atoms. The molecule has 2 fully saturated rings. The quantitative estimate of drug-likeness (QED) is 0.464. The third kappa shape index (κ3) is 4.60. The van der Waals surface area contributed by atoms with Crippen molar-refractivity contribution in [2.75, 3.05) is 31.7 Å². The molecule has 0 saturated carbocycles. The molecule has 0 aliphatic carbocycles. The number of benzene rings is 1. The topological polar surface area (TPSA) is 106 Å². The fourth-order valence-corrected chi connectivity index (χ4v) is 4.52. The number of hydrogen-bond acceptors (Lipinski definition) is 8. The average molecular weight is 491 g/mol. The maximum absolute atomic E-state index is 15.3. The first-order valence-electron chi connectivity index (χ1n) is 11.5. The number of ether oxygens (including phenoxy) is 2. The van der Waals surface area contributed by atoms with Gasteiger partial charge in [-0.15, -0.1) is 0 Å². The maximum Gasteiger partial charge on any atom is 0.223 e. The SMILES string of the molecule is CC(C)n1c(CNC2COC2)nc2c(F)cc(-c3nc(N[C@@H]4CCOC[C@H]4O)ncc3Cl)cc21. The van der Waals surface area contributed by atoms with Crippen molar-refractivity contribution in [1.29, 1.82) is 0 Å². The van der Waals surface area contributed by atoms with Crippen molar-refractivity contribution in [2.24, 2.45) is 0 Å². The molecule has 0 amide bonds. The van der Waals surface area contributed by atoms with Crippen LogP contribution in [0.2, 0.25) is 5.02 Å². The van der Waals surface area contributed by atoms with Gasteiger partial charge in [0, 0.05) is 18.2 Å². The van der Waals surface area contributed by atoms with E-state index in [1.807, 2.05) is 24.5 Å². The fourth-order valence-electron chi connectivity index (χ4n) is 4.32. The van der Waals surface area contributed by atoms with Gasteiger partial charge in [-0.25, -0.2) is 19.3 Å². The fraction of sp³-hybridized carbons (Fsp3) is 0.522. The lowest BCUT2D eigenvalue weighted by molar-refractivity contribution is -0.0136. The molecule has 3 aromatic rings. The zero-order valence-corrected chi connectivity index (χ0v) is 19.8. The summed E-state index contributed by atoms with van der Waals surface area (Å²) in [7, 11) is 0. The monoisotopic (exact) mass is 490 g/mol. The van der Waals surface area contributed by atoms with Gasteiger partial charge in [-0.2, -0.15) is 0 Å². The molecule has 182 valence electrons. The lowest BCUT2D eigenvalue weighted by atomic mass is 10.1. The minimum Gasteiger partial charge on any atom is -0.389 e. The lowest BCUT2D eigenvalue weighted by Gasteiger charge is -2.28. The van der Waals surface area contributed by atoms with Crippen LogP contribution in [0, 0.1) is 5.82 Å². The molecule has 9 nitrogen and oxygen atoms in total. The Kier molecular flexibility index (Phi) is 6.67. The Morgan fingerprint density at radius 3 is 2.76 bits per heavy atom. The number of nitrogens with one attached hydrogen (secondary N) is 2. The zero-order valence-electron chi connectivity index (χ0n) is 19.1. The first kappa shape index (κ1) is 23.4. The third-order valence-corrected chi connectivity index (χ3v) is 6.46. The number of anilines is 1. The van der Waals surface area contributed by atoms with Crippen LogP contribution < -0.4 is 10.6 Å². The second-order valence-corrected chi connectivity index (χ2v) is 9.41. The van der Waals surface area contributed by atoms with Gasteiger partial charge in [-0.3, -0.25) is 0 Å². The smallest absolute Gasteiger partial charge is 0.223 e. The molecule has 0 bridgehead atoms. The summed E-state index contributed by atoms with van der Waals surface area (Å²) in [5.41, 5.74) is 1.93. The van der Waals surface area contributed by atoms with E-state index < -0.39 is 11.9 Å². The summed E-state index contributed by atoms with van der Waals surface area (Å²) < 4.78 is 27.8. The van der Waals surface area contributed by atoms with Crippen LogP contribution in [0.5, 0.6) is 0 Å². The Balaban J connectivity index is 1.50. The van der Waals surface area contributed by atoms with E-state index in [1.165, 1.54) is 12.3 Å². The summed E-state index contributed by atoms with van der Waals surface area (Å²) in [6.07, 6.45) is 1.44. The number of hydrogen-bond donors (Lipinski definition) is 3. The molecule has 2 aromatic heterocycles. The summed E-state index contributed by atoms with van der Waals surface area (Å²) in [5.74, 6) is 0.637. The van der Waals surface area contributed by atoms with E-state index >= 15 is 4.39 Å². The molecule has 0 spiro atoms. The Morgan fingerprint density at radius 1 is 1.24 bits per heavy atom. The number of rotatable bonds is 7. The van der Waals surface area contributed by atoms with Crippen molar-refractivity contribution in [3.8, 4) is 11.3 Å². The number of nitrogens with zero attached hydrogens (tertiary/aromatic N) is 4. The van der Waals surface area contributed by atoms with Crippen LogP contribution in [0.15, 0.2) is 18.3 Å². The molecule has 11 heteroatoms. The van der Waals surface area contributed by atoms with Crippen molar-refractivity contribution in [3.05, 3.63) is 35.0 Å². The average Bonchev–Trinajstić information content (AvgIpc) is 3.15. The molecule has 2 aliphatic rings. The second kappa shape index (κ2) is 9.71. The van der Waals surface area contributed by atoms with Gasteiger partial charge in [0.15, 0.2) is 5.82 Å². The molecule has 2 saturated heterocycles. The maximum atomic E-state index is 15.3. The van der Waals surface area contributed by atoms with Crippen LogP contribution in [0.3, 0.4) is 0 Å². The third-order valence-electron chi connectivity index (χ3n) is 6.18. The highest BCUT2D eigenvalue weighted by Crippen LogP contribution is 2.32. The van der Waals surface area contributed by atoms with Gasteiger partial charge in [0.1, 0.15) is 11.3 Å². The minimum absolute atomic E-state index is 0.0715. The summed E-state index contributed by atoms with van der Waals surface area (Å²) in [5, 5.41) is 17.0. The number of aliphatic hydroxyl groups excluding tert-OH is 1. The minimum atomic E-state index is -0.663. The highest BCUT2D eigenvalue weighted by atomic mass is 35.5. The standard InChI is InChI=1S/C23H28ClFN6O3/c1-12(2)31-18-6-13(5-16(25)22(18)29-20(31)8-26-14-9-34-10-14)21-15(24)7-27-23(30-21)28-17-3-4-33-11-19(17)32/h5-7,12,14,17,19,26,32H,3-4,8-11H2,1-2H3,(H,27,28,30)/t17-,19-/m1/s1. The van der Waals surface area contributed by atoms with Gasteiger partial charge in [0.05, 0.1) is 67.0 Å². The number of imidazole rings is 1. The summed E-state index contributed by atoms with van der Waals surface area (Å²) >= 11 is 6.43. The van der Waals surface area contributed by atoms with Crippen LogP contribution in [0.25, 0.3) is 22.3 Å². The molecule has 4 heterocycles. The predicted molar refractivity (Wildman–Crippen MR) is 126 cm³/mol. The second-order valence-electron chi connectivity index (χ2n) is 9.00. The number of aromatic nitrogens is 4. The van der Waals surface area contributed by atoms with Gasteiger partial charge in [0.2, 0.25) is 5.95 Å². The summed E-state index contributed by atoms with van der Waals surface area (Å²) in [4.78, 5) is 13.4. The molecule has 2 atom stereocenters. The highest BCUT2D eigenvalue weighted by Gasteiger charge is 2.25. The first-order chi connectivity index (χ1) is 16.4. The van der Waals surface area contributed by atoms with Crippen molar-refractivity contribution in [3.63, 3.8) is 0 Å². The van der Waals surface area contributed by atoms with Crippen molar-refractivity contribution < 1.29 is 19.0 Å². The van der Waals surface area contributed by atoms with Gasteiger partial charge in [-0.05, 0) is 32.4 Å². The van der Waals surface area contributed by atoms with Crippen LogP contribution in [0.1, 0.15) is 32.1 Å². The predicted octanol–water partition coefficient (Wildman–Crippen LogP) is 2.92. The van der Waals surface area contributed by atoms with Gasteiger partial charge in [0.25, 0.3) is 0 Å². The van der Waals surface area contributed by atoms with Crippen molar-refractivity contribution in [1.82, 2.24) is 24.8 Å². The van der Waals surface area contributed by atoms with Gasteiger partial charge in [-0.1, -0.05) is 11.6 Å².